The fourth-order valence-electron chi connectivity index (χ4n) is 1.83. The van der Waals surface area contributed by atoms with Crippen molar-refractivity contribution in [3.8, 4) is 0 Å². The van der Waals surface area contributed by atoms with Crippen LogP contribution in [-0.2, 0) is 9.53 Å². The number of halogens is 1. The summed E-state index contributed by atoms with van der Waals surface area (Å²) >= 11 is 5.75. The molecule has 1 atom stereocenters. The summed E-state index contributed by atoms with van der Waals surface area (Å²) in [6.07, 6.45) is -0.996. The molecule has 0 bridgehead atoms. The number of anilines is 1. The van der Waals surface area contributed by atoms with E-state index in [0.29, 0.717) is 21.8 Å². The molecular formula is C17H15ClN2O4. The lowest BCUT2D eigenvalue weighted by Gasteiger charge is -2.13. The standard InChI is InChI=1S/C17H15ClN2O4/c1-10(24-17(23)12-2-6-13(18)7-3-12)16(22)20-14-8-4-11(5-9-14)15(19)21/h2-10H,1H3,(H2,19,21)(H,20,22)/t10-/m0/s1. The minimum absolute atomic E-state index is 0.296. The van der Waals surface area contributed by atoms with Crippen LogP contribution in [0.4, 0.5) is 5.69 Å². The van der Waals surface area contributed by atoms with E-state index in [0.717, 1.165) is 0 Å². The number of amides is 2. The van der Waals surface area contributed by atoms with Gasteiger partial charge in [-0.25, -0.2) is 4.79 Å². The smallest absolute Gasteiger partial charge is 0.338 e. The molecule has 124 valence electrons. The highest BCUT2D eigenvalue weighted by Gasteiger charge is 2.19. The Bertz CT molecular complexity index is 757. The molecule has 0 aliphatic carbocycles. The van der Waals surface area contributed by atoms with Crippen molar-refractivity contribution in [1.29, 1.82) is 0 Å². The molecule has 0 saturated carbocycles. The Kier molecular flexibility index (Phi) is 5.55. The van der Waals surface area contributed by atoms with Gasteiger partial charge in [-0.15, -0.1) is 0 Å². The average Bonchev–Trinajstić information content (AvgIpc) is 2.55. The number of nitrogens with one attached hydrogen (secondary N) is 1. The molecule has 2 rings (SSSR count). The summed E-state index contributed by atoms with van der Waals surface area (Å²) in [6, 6.07) is 12.2. The Morgan fingerprint density at radius 1 is 1.00 bits per heavy atom. The van der Waals surface area contributed by atoms with Crippen LogP contribution in [0.5, 0.6) is 0 Å². The maximum absolute atomic E-state index is 12.1. The fourth-order valence-corrected chi connectivity index (χ4v) is 1.96. The zero-order valence-corrected chi connectivity index (χ0v) is 13.5. The van der Waals surface area contributed by atoms with Crippen molar-refractivity contribution in [2.24, 2.45) is 5.73 Å². The van der Waals surface area contributed by atoms with Crippen molar-refractivity contribution in [3.05, 3.63) is 64.7 Å². The summed E-state index contributed by atoms with van der Waals surface area (Å²) in [5, 5.41) is 3.08. The first kappa shape index (κ1) is 17.5. The monoisotopic (exact) mass is 346 g/mol. The van der Waals surface area contributed by atoms with Crippen LogP contribution >= 0.6 is 11.6 Å². The largest absolute Gasteiger partial charge is 0.449 e. The molecular weight excluding hydrogens is 332 g/mol. The number of carbonyl (C=O) groups is 3. The van der Waals surface area contributed by atoms with Crippen LogP contribution in [-0.4, -0.2) is 23.9 Å². The maximum Gasteiger partial charge on any atom is 0.338 e. The van der Waals surface area contributed by atoms with Gasteiger partial charge in [-0.3, -0.25) is 9.59 Å². The molecule has 0 aliphatic rings. The first-order chi connectivity index (χ1) is 11.4. The number of ether oxygens (including phenoxy) is 1. The van der Waals surface area contributed by atoms with E-state index in [-0.39, 0.29) is 0 Å². The number of esters is 1. The summed E-state index contributed by atoms with van der Waals surface area (Å²) in [5.74, 6) is -1.68. The quantitative estimate of drug-likeness (QED) is 0.813. The van der Waals surface area contributed by atoms with Crippen LogP contribution < -0.4 is 11.1 Å². The molecule has 2 aromatic rings. The van der Waals surface area contributed by atoms with Crippen LogP contribution in [0.25, 0.3) is 0 Å². The summed E-state index contributed by atoms with van der Waals surface area (Å²) in [4.78, 5) is 35.0. The number of primary amides is 1. The average molecular weight is 347 g/mol. The van der Waals surface area contributed by atoms with E-state index in [4.69, 9.17) is 22.1 Å². The highest BCUT2D eigenvalue weighted by molar-refractivity contribution is 6.30. The van der Waals surface area contributed by atoms with Gasteiger partial charge in [0.15, 0.2) is 6.10 Å². The molecule has 0 unspecified atom stereocenters. The Morgan fingerprint density at radius 3 is 2.08 bits per heavy atom. The summed E-state index contributed by atoms with van der Waals surface area (Å²) < 4.78 is 5.10. The highest BCUT2D eigenvalue weighted by Crippen LogP contribution is 2.13. The second-order valence-electron chi connectivity index (χ2n) is 4.99. The van der Waals surface area contributed by atoms with Crippen molar-refractivity contribution in [3.63, 3.8) is 0 Å². The van der Waals surface area contributed by atoms with Crippen molar-refractivity contribution in [2.75, 3.05) is 5.32 Å². The summed E-state index contributed by atoms with van der Waals surface area (Å²) in [6.45, 7) is 1.46. The number of hydrogen-bond acceptors (Lipinski definition) is 4. The van der Waals surface area contributed by atoms with Crippen LogP contribution in [0.3, 0.4) is 0 Å². The molecule has 0 aliphatic heterocycles. The van der Waals surface area contributed by atoms with Gasteiger partial charge in [0, 0.05) is 16.3 Å². The Morgan fingerprint density at radius 2 is 1.54 bits per heavy atom. The maximum atomic E-state index is 12.1. The molecule has 0 fully saturated rings. The number of hydrogen-bond donors (Lipinski definition) is 2. The Balaban J connectivity index is 1.95. The Hall–Kier alpha value is -2.86. The lowest BCUT2D eigenvalue weighted by atomic mass is 10.2. The molecule has 6 nitrogen and oxygen atoms in total. The highest BCUT2D eigenvalue weighted by atomic mass is 35.5. The number of nitrogens with two attached hydrogens (primary N) is 1. The first-order valence-electron chi connectivity index (χ1n) is 7.04. The Labute approximate surface area is 143 Å². The van der Waals surface area contributed by atoms with Crippen LogP contribution in [0, 0.1) is 0 Å². The molecule has 0 aromatic heterocycles. The normalized spacial score (nSPS) is 11.4. The van der Waals surface area contributed by atoms with Crippen LogP contribution in [0.15, 0.2) is 48.5 Å². The fraction of sp³-hybridized carbons (Fsp3) is 0.118. The third-order valence-electron chi connectivity index (χ3n) is 3.17. The number of carbonyl (C=O) groups excluding carboxylic acids is 3. The molecule has 0 saturated heterocycles. The van der Waals surface area contributed by atoms with Gasteiger partial charge in [0.1, 0.15) is 0 Å². The molecule has 3 N–H and O–H groups in total. The summed E-state index contributed by atoms with van der Waals surface area (Å²) in [5.41, 5.74) is 6.22. The van der Waals surface area contributed by atoms with E-state index < -0.39 is 23.9 Å². The van der Waals surface area contributed by atoms with E-state index in [1.54, 1.807) is 12.1 Å². The van der Waals surface area contributed by atoms with E-state index in [1.807, 2.05) is 0 Å². The van der Waals surface area contributed by atoms with Gasteiger partial charge in [-0.2, -0.15) is 0 Å². The predicted octanol–water partition coefficient (Wildman–Crippen LogP) is 2.62. The van der Waals surface area contributed by atoms with E-state index in [2.05, 4.69) is 5.32 Å². The van der Waals surface area contributed by atoms with Crippen molar-refractivity contribution in [2.45, 2.75) is 13.0 Å². The van der Waals surface area contributed by atoms with Crippen molar-refractivity contribution in [1.82, 2.24) is 0 Å². The van der Waals surface area contributed by atoms with Crippen LogP contribution in [0.2, 0.25) is 5.02 Å². The molecule has 7 heteroatoms. The predicted molar refractivity (Wildman–Crippen MR) is 89.9 cm³/mol. The summed E-state index contributed by atoms with van der Waals surface area (Å²) in [7, 11) is 0. The zero-order chi connectivity index (χ0) is 17.7. The van der Waals surface area contributed by atoms with E-state index >= 15 is 0 Å². The molecule has 24 heavy (non-hydrogen) atoms. The van der Waals surface area contributed by atoms with Gasteiger partial charge < -0.3 is 15.8 Å². The number of rotatable bonds is 5. The topological polar surface area (TPSA) is 98.5 Å². The number of benzene rings is 2. The zero-order valence-electron chi connectivity index (χ0n) is 12.8. The molecule has 2 amide bonds. The molecule has 2 aromatic carbocycles. The van der Waals surface area contributed by atoms with Gasteiger partial charge >= 0.3 is 5.97 Å². The first-order valence-corrected chi connectivity index (χ1v) is 7.42. The van der Waals surface area contributed by atoms with E-state index in [1.165, 1.54) is 43.3 Å². The third kappa shape index (κ3) is 4.57. The second-order valence-corrected chi connectivity index (χ2v) is 5.42. The molecule has 0 heterocycles. The van der Waals surface area contributed by atoms with Gasteiger partial charge in [-0.1, -0.05) is 11.6 Å². The second kappa shape index (κ2) is 7.61. The molecule has 0 radical (unpaired) electrons. The van der Waals surface area contributed by atoms with E-state index in [9.17, 15) is 14.4 Å². The minimum Gasteiger partial charge on any atom is -0.449 e. The van der Waals surface area contributed by atoms with Gasteiger partial charge in [0.2, 0.25) is 5.91 Å². The van der Waals surface area contributed by atoms with Crippen molar-refractivity contribution >= 4 is 35.1 Å². The van der Waals surface area contributed by atoms with Gasteiger partial charge in [-0.05, 0) is 55.5 Å². The lowest BCUT2D eigenvalue weighted by Crippen LogP contribution is -2.30. The minimum atomic E-state index is -0.996. The lowest BCUT2D eigenvalue weighted by molar-refractivity contribution is -0.123. The third-order valence-corrected chi connectivity index (χ3v) is 3.42. The van der Waals surface area contributed by atoms with Crippen LogP contribution in [0.1, 0.15) is 27.6 Å². The van der Waals surface area contributed by atoms with Gasteiger partial charge in [0.05, 0.1) is 5.56 Å². The van der Waals surface area contributed by atoms with Gasteiger partial charge in [0.25, 0.3) is 5.91 Å². The van der Waals surface area contributed by atoms with Crippen molar-refractivity contribution < 1.29 is 19.1 Å². The molecule has 0 spiro atoms. The SMILES string of the molecule is C[C@H](OC(=O)c1ccc(Cl)cc1)C(=O)Nc1ccc(C(N)=O)cc1.